The number of benzene rings is 4. The molecule has 0 aromatic heterocycles. The number of rotatable bonds is 24. The second kappa shape index (κ2) is 27.4. The van der Waals surface area contributed by atoms with E-state index in [0.717, 1.165) is 22.3 Å². The number of carbonyl (C=O) groups is 5. The van der Waals surface area contributed by atoms with E-state index in [4.69, 9.17) is 23.7 Å². The van der Waals surface area contributed by atoms with Gasteiger partial charge in [0.25, 0.3) is 0 Å². The van der Waals surface area contributed by atoms with E-state index in [1.807, 2.05) is 131 Å². The van der Waals surface area contributed by atoms with Crippen LogP contribution in [0.3, 0.4) is 0 Å². The number of carbonyl (C=O) groups excluding carboxylic acids is 5. The first kappa shape index (κ1) is 58.0. The van der Waals surface area contributed by atoms with E-state index in [0.29, 0.717) is 32.2 Å². The van der Waals surface area contributed by atoms with Crippen LogP contribution in [0.4, 0.5) is 0 Å². The Kier molecular flexibility index (Phi) is 21.8. The SMILES string of the molecule is CC(C)(C)CCC(C(=O)OCc1ccccc1)N1CCN(C(CCC(=O)OC(C)(C)C)C(=O)OCc2ccccc2)CC(CCC(C)(C)C)(N(CC(=O)OCc2ccccc2)CC(=O)OCc2ccccc2)C1. The summed E-state index contributed by atoms with van der Waals surface area (Å²) < 4.78 is 30.0. The largest absolute Gasteiger partial charge is 0.460 e. The Labute approximate surface area is 434 Å². The summed E-state index contributed by atoms with van der Waals surface area (Å²) in [6.45, 7) is 18.6. The van der Waals surface area contributed by atoms with Crippen molar-refractivity contribution >= 4 is 29.8 Å². The zero-order valence-electron chi connectivity index (χ0n) is 44.9. The van der Waals surface area contributed by atoms with E-state index in [1.165, 1.54) is 0 Å². The Morgan fingerprint density at radius 1 is 0.493 bits per heavy atom. The van der Waals surface area contributed by atoms with Gasteiger partial charge in [0.2, 0.25) is 0 Å². The normalized spacial score (nSPS) is 16.7. The Morgan fingerprint density at radius 3 is 1.21 bits per heavy atom. The van der Waals surface area contributed by atoms with Crippen molar-refractivity contribution in [1.82, 2.24) is 14.7 Å². The van der Waals surface area contributed by atoms with Crippen molar-refractivity contribution in [2.75, 3.05) is 39.3 Å². The van der Waals surface area contributed by atoms with E-state index in [1.54, 1.807) is 20.8 Å². The maximum absolute atomic E-state index is 14.8. The predicted molar refractivity (Wildman–Crippen MR) is 282 cm³/mol. The van der Waals surface area contributed by atoms with E-state index < -0.39 is 53.1 Å². The molecule has 4 aromatic rings. The van der Waals surface area contributed by atoms with Crippen molar-refractivity contribution in [2.24, 2.45) is 10.8 Å². The summed E-state index contributed by atoms with van der Waals surface area (Å²) >= 11 is 0. The van der Waals surface area contributed by atoms with E-state index in [2.05, 4.69) is 46.4 Å². The van der Waals surface area contributed by atoms with Crippen molar-refractivity contribution in [3.8, 4) is 0 Å². The van der Waals surface area contributed by atoms with Crippen LogP contribution in [-0.2, 0) is 74.1 Å². The lowest BCUT2D eigenvalue weighted by molar-refractivity contribution is -0.160. The summed E-state index contributed by atoms with van der Waals surface area (Å²) in [5.74, 6) is -2.52. The van der Waals surface area contributed by atoms with Gasteiger partial charge in [-0.05, 0) is 86.0 Å². The van der Waals surface area contributed by atoms with Gasteiger partial charge in [-0.25, -0.2) is 0 Å². The van der Waals surface area contributed by atoms with Crippen LogP contribution in [0, 0.1) is 10.8 Å². The molecule has 5 rings (SSSR count). The second-order valence-electron chi connectivity index (χ2n) is 22.8. The van der Waals surface area contributed by atoms with Crippen molar-refractivity contribution in [3.63, 3.8) is 0 Å². The number of hydrogen-bond acceptors (Lipinski definition) is 13. The van der Waals surface area contributed by atoms with Gasteiger partial charge in [-0.1, -0.05) is 163 Å². The molecule has 1 aliphatic rings. The minimum atomic E-state index is -1.13. The highest BCUT2D eigenvalue weighted by atomic mass is 16.6. The third kappa shape index (κ3) is 20.9. The zero-order chi connectivity index (χ0) is 53.1. The molecule has 1 saturated heterocycles. The van der Waals surface area contributed by atoms with Crippen LogP contribution in [0.1, 0.15) is 123 Å². The smallest absolute Gasteiger partial charge is 0.323 e. The van der Waals surface area contributed by atoms with Crippen LogP contribution in [0.5, 0.6) is 0 Å². The molecule has 3 atom stereocenters. The van der Waals surface area contributed by atoms with Gasteiger partial charge in [0, 0.05) is 38.1 Å². The highest BCUT2D eigenvalue weighted by Crippen LogP contribution is 2.36. The van der Waals surface area contributed by atoms with Crippen molar-refractivity contribution in [3.05, 3.63) is 144 Å². The van der Waals surface area contributed by atoms with Crippen LogP contribution in [0.2, 0.25) is 0 Å². The summed E-state index contributed by atoms with van der Waals surface area (Å²) in [7, 11) is 0. The molecule has 1 fully saturated rings. The molecule has 4 aromatic carbocycles. The molecule has 1 aliphatic heterocycles. The predicted octanol–water partition coefficient (Wildman–Crippen LogP) is 10.1. The number of esters is 5. The molecule has 0 spiro atoms. The summed E-state index contributed by atoms with van der Waals surface area (Å²) in [6, 6.07) is 36.0. The number of hydrogen-bond donors (Lipinski definition) is 0. The van der Waals surface area contributed by atoms with Gasteiger partial charge in [0.15, 0.2) is 0 Å². The highest BCUT2D eigenvalue weighted by Gasteiger charge is 2.48. The molecule has 0 aliphatic carbocycles. The third-order valence-corrected chi connectivity index (χ3v) is 12.9. The minimum Gasteiger partial charge on any atom is -0.460 e. The van der Waals surface area contributed by atoms with Gasteiger partial charge in [-0.15, -0.1) is 0 Å². The van der Waals surface area contributed by atoms with Gasteiger partial charge in [0.05, 0.1) is 13.1 Å². The molecule has 73 heavy (non-hydrogen) atoms. The molecule has 0 bridgehead atoms. The fourth-order valence-corrected chi connectivity index (χ4v) is 8.91. The van der Waals surface area contributed by atoms with Gasteiger partial charge in [-0.2, -0.15) is 0 Å². The first-order valence-electron chi connectivity index (χ1n) is 25.8. The number of nitrogens with zero attached hydrogens (tertiary/aromatic N) is 3. The summed E-state index contributed by atoms with van der Waals surface area (Å²) in [5, 5.41) is 0. The first-order valence-corrected chi connectivity index (χ1v) is 25.8. The summed E-state index contributed by atoms with van der Waals surface area (Å²) in [6.07, 6.45) is 2.15. The van der Waals surface area contributed by atoms with E-state index in [-0.39, 0.29) is 82.8 Å². The van der Waals surface area contributed by atoms with Crippen LogP contribution in [-0.4, -0.2) is 107 Å². The lowest BCUT2D eigenvalue weighted by Crippen LogP contribution is -2.64. The molecule has 13 heteroatoms. The lowest BCUT2D eigenvalue weighted by atomic mass is 9.80. The Morgan fingerprint density at radius 2 is 0.849 bits per heavy atom. The summed E-state index contributed by atoms with van der Waals surface area (Å²) in [5.41, 5.74) is 0.973. The fourth-order valence-electron chi connectivity index (χ4n) is 8.91. The molecule has 0 radical (unpaired) electrons. The van der Waals surface area contributed by atoms with Crippen LogP contribution in [0.25, 0.3) is 0 Å². The minimum absolute atomic E-state index is 0.00646. The third-order valence-electron chi connectivity index (χ3n) is 12.9. The molecule has 13 nitrogen and oxygen atoms in total. The molecule has 3 unspecified atom stereocenters. The molecule has 0 N–H and O–H groups in total. The van der Waals surface area contributed by atoms with Gasteiger partial charge in [0.1, 0.15) is 44.1 Å². The maximum Gasteiger partial charge on any atom is 0.323 e. The molecule has 0 amide bonds. The Hall–Kier alpha value is -5.89. The zero-order valence-corrected chi connectivity index (χ0v) is 44.9. The summed E-state index contributed by atoms with van der Waals surface area (Å²) in [4.78, 5) is 77.9. The van der Waals surface area contributed by atoms with Crippen LogP contribution >= 0.6 is 0 Å². The second-order valence-corrected chi connectivity index (χ2v) is 22.8. The topological polar surface area (TPSA) is 141 Å². The molecule has 1 heterocycles. The van der Waals surface area contributed by atoms with E-state index in [9.17, 15) is 24.0 Å². The maximum atomic E-state index is 14.8. The molecular formula is C60H81N3O10. The van der Waals surface area contributed by atoms with Crippen LogP contribution in [0.15, 0.2) is 121 Å². The monoisotopic (exact) mass is 1000 g/mol. The quantitative estimate of drug-likeness (QED) is 0.0486. The van der Waals surface area contributed by atoms with Crippen molar-refractivity contribution in [2.45, 2.75) is 150 Å². The Bertz CT molecular complexity index is 2270. The first-order chi connectivity index (χ1) is 34.6. The van der Waals surface area contributed by atoms with E-state index >= 15 is 0 Å². The molecular weight excluding hydrogens is 923 g/mol. The Balaban J connectivity index is 1.66. The average Bonchev–Trinajstić information content (AvgIpc) is 3.54. The number of ether oxygens (including phenoxy) is 5. The van der Waals surface area contributed by atoms with Crippen molar-refractivity contribution in [1.29, 1.82) is 0 Å². The fraction of sp³-hybridized carbons (Fsp3) is 0.517. The van der Waals surface area contributed by atoms with Crippen molar-refractivity contribution < 1.29 is 47.7 Å². The average molecular weight is 1000 g/mol. The highest BCUT2D eigenvalue weighted by molar-refractivity contribution is 5.78. The molecule has 0 saturated carbocycles. The van der Waals surface area contributed by atoms with Gasteiger partial charge >= 0.3 is 29.8 Å². The molecule has 396 valence electrons. The lowest BCUT2D eigenvalue weighted by Gasteiger charge is -2.48. The van der Waals surface area contributed by atoms with Crippen LogP contribution < -0.4 is 0 Å². The standard InChI is InChI=1S/C60H81N3O10/c1-57(2,3)33-32-51(56(68)72-43-49-28-20-13-21-29-49)62-37-36-61(50(30-31-52(64)73-59(7,8)9)55(67)71-42-48-26-18-12-19-27-48)44-60(45-62,35-34-58(4,5)6)63(38-53(65)69-40-46-22-14-10-15-23-46)39-54(66)70-41-47-24-16-11-17-25-47/h10-29,50-51H,30-45H2,1-9H3. The van der Waals surface area contributed by atoms with Gasteiger partial charge < -0.3 is 23.7 Å². The van der Waals surface area contributed by atoms with Gasteiger partial charge in [-0.3, -0.25) is 38.7 Å².